The number of hydrogen-bond acceptors (Lipinski definition) is 5. The van der Waals surface area contributed by atoms with Gasteiger partial charge in [0.1, 0.15) is 6.10 Å². The first kappa shape index (κ1) is 31.8. The fourth-order valence-electron chi connectivity index (χ4n) is 3.85. The lowest BCUT2D eigenvalue weighted by molar-refractivity contribution is -0.0649. The van der Waals surface area contributed by atoms with Crippen LogP contribution >= 0.6 is 0 Å². The van der Waals surface area contributed by atoms with Crippen molar-refractivity contribution in [2.45, 2.75) is 123 Å². The van der Waals surface area contributed by atoms with Crippen LogP contribution in [0.4, 0.5) is 0 Å². The predicted molar refractivity (Wildman–Crippen MR) is 135 cm³/mol. The Labute approximate surface area is 199 Å². The van der Waals surface area contributed by atoms with Crippen LogP contribution in [0.3, 0.4) is 0 Å². The first-order valence-corrected chi connectivity index (χ1v) is 13.8. The second-order valence-electron chi connectivity index (χ2n) is 8.87. The number of unbranched alkanes of at least 4 members (excludes halogenated alkanes) is 15. The molecule has 0 heterocycles. The maximum atomic E-state index is 8.66. The summed E-state index contributed by atoms with van der Waals surface area (Å²) in [5, 5.41) is 8.66. The van der Waals surface area contributed by atoms with Gasteiger partial charge in [0.05, 0.1) is 39.6 Å². The molecule has 0 rings (SSSR count). The molecule has 0 aliphatic rings. The van der Waals surface area contributed by atoms with Gasteiger partial charge in [-0.3, -0.25) is 0 Å². The highest BCUT2D eigenvalue weighted by atomic mass is 16.6. The molecule has 0 aromatic rings. The maximum Gasteiger partial charge on any atom is 0.104 e. The summed E-state index contributed by atoms with van der Waals surface area (Å²) in [5.41, 5.74) is 0. The van der Waals surface area contributed by atoms with Gasteiger partial charge in [-0.15, -0.1) is 0 Å². The van der Waals surface area contributed by atoms with E-state index in [2.05, 4.69) is 6.92 Å². The summed E-state index contributed by atoms with van der Waals surface area (Å²) in [4.78, 5) is 0. The van der Waals surface area contributed by atoms with Gasteiger partial charge in [-0.05, 0) is 13.3 Å². The van der Waals surface area contributed by atoms with Crippen LogP contribution < -0.4 is 0 Å². The molecule has 0 aliphatic heterocycles. The lowest BCUT2D eigenvalue weighted by atomic mass is 10.0. The molecule has 0 saturated heterocycles. The van der Waals surface area contributed by atoms with E-state index in [1.807, 2.05) is 6.92 Å². The molecule has 0 fully saturated rings. The quantitative estimate of drug-likeness (QED) is 0.132. The van der Waals surface area contributed by atoms with Crippen LogP contribution in [0.1, 0.15) is 117 Å². The summed E-state index contributed by atoms with van der Waals surface area (Å²) in [6.07, 6.45) is 22.2. The van der Waals surface area contributed by atoms with E-state index in [1.165, 1.54) is 96.3 Å². The first-order chi connectivity index (χ1) is 15.8. The van der Waals surface area contributed by atoms with Crippen molar-refractivity contribution in [2.24, 2.45) is 0 Å². The third-order valence-corrected chi connectivity index (χ3v) is 5.76. The van der Waals surface area contributed by atoms with Crippen LogP contribution in [-0.2, 0) is 18.9 Å². The zero-order chi connectivity index (χ0) is 23.4. The van der Waals surface area contributed by atoms with E-state index in [4.69, 9.17) is 24.1 Å². The Balaban J connectivity index is 3.28. The highest BCUT2D eigenvalue weighted by Crippen LogP contribution is 2.13. The van der Waals surface area contributed by atoms with E-state index in [-0.39, 0.29) is 12.7 Å². The molecule has 1 atom stereocenters. The first-order valence-electron chi connectivity index (χ1n) is 13.8. The zero-order valence-corrected chi connectivity index (χ0v) is 21.6. The van der Waals surface area contributed by atoms with E-state index in [9.17, 15) is 0 Å². The Kier molecular flexibility index (Phi) is 28.7. The molecule has 0 aromatic heterocycles. The summed E-state index contributed by atoms with van der Waals surface area (Å²) in [6, 6.07) is 0. The Morgan fingerprint density at radius 2 is 0.938 bits per heavy atom. The van der Waals surface area contributed by atoms with Crippen LogP contribution in [0.5, 0.6) is 0 Å². The lowest BCUT2D eigenvalue weighted by Gasteiger charge is -2.17. The average molecular weight is 461 g/mol. The molecule has 0 radical (unpaired) electrons. The van der Waals surface area contributed by atoms with Gasteiger partial charge in [0.15, 0.2) is 0 Å². The van der Waals surface area contributed by atoms with E-state index in [0.29, 0.717) is 39.6 Å². The van der Waals surface area contributed by atoms with Crippen molar-refractivity contribution >= 4 is 0 Å². The highest BCUT2D eigenvalue weighted by molar-refractivity contribution is 4.56. The molecule has 0 bridgehead atoms. The molecule has 5 nitrogen and oxygen atoms in total. The molecule has 0 saturated carbocycles. The average Bonchev–Trinajstić information content (AvgIpc) is 2.80. The molecular formula is C27H56O5. The van der Waals surface area contributed by atoms with Gasteiger partial charge < -0.3 is 24.1 Å². The molecule has 1 unspecified atom stereocenters. The molecular weight excluding hydrogens is 404 g/mol. The molecule has 194 valence electrons. The van der Waals surface area contributed by atoms with E-state index < -0.39 is 0 Å². The summed E-state index contributed by atoms with van der Waals surface area (Å²) in [5.74, 6) is 0. The standard InChI is InChI=1S/C27H56O5/c1-3-5-6-7-8-9-10-11-12-13-14-15-16-17-18-19-21-30-25-27(32-4-2)26-31-24-23-29-22-20-28/h27-28H,3-26H2,1-2H3. The van der Waals surface area contributed by atoms with Gasteiger partial charge in [-0.25, -0.2) is 0 Å². The number of aliphatic hydroxyl groups is 1. The molecule has 5 heteroatoms. The van der Waals surface area contributed by atoms with E-state index in [0.717, 1.165) is 13.0 Å². The van der Waals surface area contributed by atoms with Crippen LogP contribution in [0, 0.1) is 0 Å². The number of hydrogen-bond donors (Lipinski definition) is 1. The smallest absolute Gasteiger partial charge is 0.104 e. The number of rotatable bonds is 28. The largest absolute Gasteiger partial charge is 0.394 e. The van der Waals surface area contributed by atoms with E-state index in [1.54, 1.807) is 0 Å². The van der Waals surface area contributed by atoms with Gasteiger partial charge in [0.25, 0.3) is 0 Å². The van der Waals surface area contributed by atoms with Crippen LogP contribution in [0.2, 0.25) is 0 Å². The Morgan fingerprint density at radius 3 is 1.41 bits per heavy atom. The Morgan fingerprint density at radius 1 is 0.500 bits per heavy atom. The molecule has 0 spiro atoms. The van der Waals surface area contributed by atoms with Crippen molar-refractivity contribution in [1.29, 1.82) is 0 Å². The molecule has 32 heavy (non-hydrogen) atoms. The third-order valence-electron chi connectivity index (χ3n) is 5.76. The van der Waals surface area contributed by atoms with Crippen LogP contribution in [0.25, 0.3) is 0 Å². The third kappa shape index (κ3) is 26.1. The minimum atomic E-state index is -0.0149. The molecule has 0 aromatic carbocycles. The maximum absolute atomic E-state index is 8.66. The van der Waals surface area contributed by atoms with Crippen molar-refractivity contribution in [3.05, 3.63) is 0 Å². The summed E-state index contributed by atoms with van der Waals surface area (Å²) >= 11 is 0. The molecule has 1 N–H and O–H groups in total. The summed E-state index contributed by atoms with van der Waals surface area (Å²) in [7, 11) is 0. The van der Waals surface area contributed by atoms with Crippen LogP contribution in [0.15, 0.2) is 0 Å². The predicted octanol–water partition coefficient (Wildman–Crippen LogP) is 6.70. The Hall–Kier alpha value is -0.200. The summed E-state index contributed by atoms with van der Waals surface area (Å²) < 4.78 is 22.2. The van der Waals surface area contributed by atoms with Crippen molar-refractivity contribution in [1.82, 2.24) is 0 Å². The minimum Gasteiger partial charge on any atom is -0.394 e. The molecule has 0 amide bonds. The SMILES string of the molecule is CCCCCCCCCCCCCCCCCCOCC(COCCOCCO)OCC. The van der Waals surface area contributed by atoms with Gasteiger partial charge in [0, 0.05) is 13.2 Å². The van der Waals surface area contributed by atoms with Gasteiger partial charge in [0.2, 0.25) is 0 Å². The van der Waals surface area contributed by atoms with E-state index >= 15 is 0 Å². The molecule has 0 aliphatic carbocycles. The fraction of sp³-hybridized carbons (Fsp3) is 1.00. The monoisotopic (exact) mass is 460 g/mol. The zero-order valence-electron chi connectivity index (χ0n) is 21.6. The van der Waals surface area contributed by atoms with Crippen molar-refractivity contribution in [3.63, 3.8) is 0 Å². The van der Waals surface area contributed by atoms with Crippen molar-refractivity contribution in [3.8, 4) is 0 Å². The highest BCUT2D eigenvalue weighted by Gasteiger charge is 2.09. The van der Waals surface area contributed by atoms with Crippen LogP contribution in [-0.4, -0.2) is 64.1 Å². The lowest BCUT2D eigenvalue weighted by Crippen LogP contribution is -2.27. The van der Waals surface area contributed by atoms with Gasteiger partial charge in [-0.1, -0.05) is 103 Å². The Bertz CT molecular complexity index is 327. The topological polar surface area (TPSA) is 57.2 Å². The van der Waals surface area contributed by atoms with Crippen molar-refractivity contribution in [2.75, 3.05) is 52.9 Å². The van der Waals surface area contributed by atoms with Crippen molar-refractivity contribution < 1.29 is 24.1 Å². The van der Waals surface area contributed by atoms with Gasteiger partial charge >= 0.3 is 0 Å². The number of aliphatic hydroxyl groups excluding tert-OH is 1. The second kappa shape index (κ2) is 28.8. The normalized spacial score (nSPS) is 12.5. The summed E-state index contributed by atoms with van der Waals surface area (Å²) in [6.45, 7) is 8.29. The second-order valence-corrected chi connectivity index (χ2v) is 8.87. The van der Waals surface area contributed by atoms with Gasteiger partial charge in [-0.2, -0.15) is 0 Å². The fourth-order valence-corrected chi connectivity index (χ4v) is 3.85. The minimum absolute atomic E-state index is 0.0149. The number of ether oxygens (including phenoxy) is 4.